The number of unbranched alkanes of at least 4 members (excludes halogenated alkanes) is 1. The molecule has 6 heteroatoms. The molecule has 0 amide bonds. The Morgan fingerprint density at radius 1 is 1.00 bits per heavy atom. The van der Waals surface area contributed by atoms with E-state index in [0.29, 0.717) is 31.8 Å². The highest BCUT2D eigenvalue weighted by molar-refractivity contribution is 5.84. The average molecular weight is 496 g/mol. The summed E-state index contributed by atoms with van der Waals surface area (Å²) in [7, 11) is 0. The smallest absolute Gasteiger partial charge is 0.305 e. The minimum absolute atomic E-state index is 0.163. The molecule has 0 aliphatic carbocycles. The van der Waals surface area contributed by atoms with Crippen LogP contribution in [0.5, 0.6) is 0 Å². The van der Waals surface area contributed by atoms with Crippen molar-refractivity contribution in [1.82, 2.24) is 9.61 Å². The second-order valence-electron chi connectivity index (χ2n) is 8.96. The molecule has 2 heterocycles. The van der Waals surface area contributed by atoms with E-state index < -0.39 is 0 Å². The van der Waals surface area contributed by atoms with Crippen molar-refractivity contribution in [2.45, 2.75) is 59.2 Å². The summed E-state index contributed by atoms with van der Waals surface area (Å²) in [6.45, 7) is 5.20. The van der Waals surface area contributed by atoms with Crippen LogP contribution >= 0.6 is 0 Å². The summed E-state index contributed by atoms with van der Waals surface area (Å²) in [4.78, 5) is 11.9. The van der Waals surface area contributed by atoms with Crippen molar-refractivity contribution in [3.05, 3.63) is 94.8 Å². The van der Waals surface area contributed by atoms with E-state index in [9.17, 15) is 10.1 Å². The van der Waals surface area contributed by atoms with Crippen LogP contribution in [0.4, 0.5) is 0 Å². The normalized spacial score (nSPS) is 10.9. The fourth-order valence-corrected chi connectivity index (χ4v) is 4.62. The molecule has 0 spiro atoms. The molecule has 0 atom stereocenters. The first-order valence-corrected chi connectivity index (χ1v) is 12.9. The van der Waals surface area contributed by atoms with Gasteiger partial charge in [0.1, 0.15) is 0 Å². The second-order valence-corrected chi connectivity index (χ2v) is 8.96. The molecule has 0 unspecified atom stereocenters. The zero-order chi connectivity index (χ0) is 26.0. The number of esters is 1. The highest BCUT2D eigenvalue weighted by Crippen LogP contribution is 2.33. The number of ether oxygens (including phenoxy) is 2. The lowest BCUT2D eigenvalue weighted by Crippen LogP contribution is -2.11. The number of nitrogens with zero attached hydrogens (tertiary/aromatic N) is 3. The molecule has 190 valence electrons. The van der Waals surface area contributed by atoms with E-state index in [0.717, 1.165) is 64.8 Å². The first kappa shape index (κ1) is 26.1. The number of hydrogen-bond donors (Lipinski definition) is 0. The second kappa shape index (κ2) is 12.8. The van der Waals surface area contributed by atoms with E-state index in [-0.39, 0.29) is 5.97 Å². The van der Waals surface area contributed by atoms with Crippen LogP contribution in [0.2, 0.25) is 0 Å². The molecule has 2 aromatic heterocycles. The SMILES string of the molecule is CCOC(=O)CCCCc1c(COCc2ccccc2)nn2c(CC)ccc2c1-c1cccc(C#N)c1. The Labute approximate surface area is 218 Å². The van der Waals surface area contributed by atoms with E-state index in [4.69, 9.17) is 14.6 Å². The van der Waals surface area contributed by atoms with Crippen molar-refractivity contribution >= 4 is 11.5 Å². The van der Waals surface area contributed by atoms with Gasteiger partial charge >= 0.3 is 5.97 Å². The third-order valence-electron chi connectivity index (χ3n) is 6.42. The molecular weight excluding hydrogens is 462 g/mol. The van der Waals surface area contributed by atoms with Crippen LogP contribution in [0, 0.1) is 11.3 Å². The molecular formula is C31H33N3O3. The van der Waals surface area contributed by atoms with E-state index in [2.05, 4.69) is 25.1 Å². The first-order valence-electron chi connectivity index (χ1n) is 12.9. The Bertz CT molecular complexity index is 1390. The van der Waals surface area contributed by atoms with Crippen LogP contribution in [-0.4, -0.2) is 22.2 Å². The Hall–Kier alpha value is -3.95. The van der Waals surface area contributed by atoms with Crippen LogP contribution in [0.25, 0.3) is 16.6 Å². The molecule has 0 N–H and O–H groups in total. The largest absolute Gasteiger partial charge is 0.466 e. The molecule has 4 aromatic rings. The maximum absolute atomic E-state index is 11.9. The summed E-state index contributed by atoms with van der Waals surface area (Å²) in [6, 6.07) is 24.3. The standard InChI is InChI=1S/C31H33N3O3/c1-3-26-17-18-29-31(25-14-10-13-24(19-25)20-32)27(15-8-9-16-30(35)37-4-2)28(33-34(26)29)22-36-21-23-11-6-5-7-12-23/h5-7,10-14,17-19H,3-4,8-9,15-16,21-22H2,1-2H3. The van der Waals surface area contributed by atoms with Crippen molar-refractivity contribution in [3.8, 4) is 17.2 Å². The molecule has 0 fully saturated rings. The molecule has 6 nitrogen and oxygen atoms in total. The molecule has 4 rings (SSSR count). The van der Waals surface area contributed by atoms with Gasteiger partial charge in [0.25, 0.3) is 0 Å². The molecule has 0 bridgehead atoms. The van der Waals surface area contributed by atoms with Gasteiger partial charge in [-0.05, 0) is 73.6 Å². The van der Waals surface area contributed by atoms with Gasteiger partial charge in [-0.15, -0.1) is 0 Å². The third-order valence-corrected chi connectivity index (χ3v) is 6.42. The highest BCUT2D eigenvalue weighted by atomic mass is 16.5. The summed E-state index contributed by atoms with van der Waals surface area (Å²) >= 11 is 0. The predicted molar refractivity (Wildman–Crippen MR) is 144 cm³/mol. The molecule has 0 saturated heterocycles. The molecule has 0 aliphatic rings. The lowest BCUT2D eigenvalue weighted by Gasteiger charge is -2.18. The molecule has 2 aromatic carbocycles. The van der Waals surface area contributed by atoms with Gasteiger partial charge in [0.05, 0.1) is 42.7 Å². The Balaban J connectivity index is 1.73. The van der Waals surface area contributed by atoms with Gasteiger partial charge in [0.15, 0.2) is 0 Å². The van der Waals surface area contributed by atoms with Gasteiger partial charge in [0.2, 0.25) is 0 Å². The van der Waals surface area contributed by atoms with Gasteiger partial charge in [-0.3, -0.25) is 4.79 Å². The average Bonchev–Trinajstić information content (AvgIpc) is 3.34. The monoisotopic (exact) mass is 495 g/mol. The third kappa shape index (κ3) is 6.44. The summed E-state index contributed by atoms with van der Waals surface area (Å²) in [5.41, 5.74) is 7.88. The fraction of sp³-hybridized carbons (Fsp3) is 0.323. The molecule has 0 radical (unpaired) electrons. The van der Waals surface area contributed by atoms with Crippen molar-refractivity contribution in [2.75, 3.05) is 6.61 Å². The maximum atomic E-state index is 11.9. The number of benzene rings is 2. The van der Waals surface area contributed by atoms with Crippen LogP contribution in [0.1, 0.15) is 61.2 Å². The molecule has 0 saturated carbocycles. The van der Waals surface area contributed by atoms with Gasteiger partial charge < -0.3 is 9.47 Å². The van der Waals surface area contributed by atoms with Crippen molar-refractivity contribution < 1.29 is 14.3 Å². The number of carbonyl (C=O) groups is 1. The molecule has 0 aliphatic heterocycles. The summed E-state index contributed by atoms with van der Waals surface area (Å²) < 4.78 is 13.3. The van der Waals surface area contributed by atoms with E-state index >= 15 is 0 Å². The van der Waals surface area contributed by atoms with Crippen molar-refractivity contribution in [3.63, 3.8) is 0 Å². The number of carbonyl (C=O) groups excluding carboxylic acids is 1. The number of fused-ring (bicyclic) bond motifs is 1. The fourth-order valence-electron chi connectivity index (χ4n) is 4.62. The van der Waals surface area contributed by atoms with Gasteiger partial charge in [-0.2, -0.15) is 10.4 Å². The van der Waals surface area contributed by atoms with Gasteiger partial charge in [-0.25, -0.2) is 4.52 Å². The minimum atomic E-state index is -0.163. The predicted octanol–water partition coefficient (Wildman–Crippen LogP) is 6.43. The first-order chi connectivity index (χ1) is 18.1. The summed E-state index contributed by atoms with van der Waals surface area (Å²) in [5, 5.41) is 14.6. The van der Waals surface area contributed by atoms with E-state index in [1.807, 2.05) is 66.0 Å². The number of aryl methyl sites for hydroxylation is 1. The Morgan fingerprint density at radius 2 is 1.84 bits per heavy atom. The zero-order valence-corrected chi connectivity index (χ0v) is 21.6. The number of nitriles is 1. The maximum Gasteiger partial charge on any atom is 0.305 e. The van der Waals surface area contributed by atoms with Crippen LogP contribution in [0.3, 0.4) is 0 Å². The number of rotatable bonds is 12. The van der Waals surface area contributed by atoms with Crippen LogP contribution in [-0.2, 0) is 40.3 Å². The topological polar surface area (TPSA) is 76.6 Å². The van der Waals surface area contributed by atoms with E-state index in [1.54, 1.807) is 0 Å². The van der Waals surface area contributed by atoms with Crippen molar-refractivity contribution in [1.29, 1.82) is 5.26 Å². The quantitative estimate of drug-likeness (QED) is 0.167. The van der Waals surface area contributed by atoms with Crippen LogP contribution < -0.4 is 0 Å². The lowest BCUT2D eigenvalue weighted by atomic mass is 9.93. The zero-order valence-electron chi connectivity index (χ0n) is 21.6. The number of aromatic nitrogens is 2. The molecule has 37 heavy (non-hydrogen) atoms. The number of hydrogen-bond acceptors (Lipinski definition) is 5. The Kier molecular flexibility index (Phi) is 9.07. The summed E-state index contributed by atoms with van der Waals surface area (Å²) in [5.74, 6) is -0.163. The lowest BCUT2D eigenvalue weighted by molar-refractivity contribution is -0.143. The van der Waals surface area contributed by atoms with Gasteiger partial charge in [-0.1, -0.05) is 49.4 Å². The van der Waals surface area contributed by atoms with Gasteiger partial charge in [0, 0.05) is 17.7 Å². The van der Waals surface area contributed by atoms with Crippen LogP contribution in [0.15, 0.2) is 66.7 Å². The minimum Gasteiger partial charge on any atom is -0.466 e. The van der Waals surface area contributed by atoms with E-state index in [1.165, 1.54) is 0 Å². The summed E-state index contributed by atoms with van der Waals surface area (Å²) in [6.07, 6.45) is 3.53. The Morgan fingerprint density at radius 3 is 2.59 bits per heavy atom. The highest BCUT2D eigenvalue weighted by Gasteiger charge is 2.19. The van der Waals surface area contributed by atoms with Crippen molar-refractivity contribution in [2.24, 2.45) is 0 Å².